The molecule has 2 N–H and O–H groups in total. The maximum atomic E-state index is 13.9. The van der Waals surface area contributed by atoms with Crippen LogP contribution in [0.1, 0.15) is 10.4 Å². The van der Waals surface area contributed by atoms with Gasteiger partial charge in [0.1, 0.15) is 5.82 Å². The van der Waals surface area contributed by atoms with E-state index < -0.39 is 17.5 Å². The molecule has 2 rings (SSSR count). The molecular weight excluding hydrogens is 288 g/mol. The first-order valence-corrected chi connectivity index (χ1v) is 5.99. The van der Waals surface area contributed by atoms with E-state index in [9.17, 15) is 13.6 Å². The van der Waals surface area contributed by atoms with Crippen molar-refractivity contribution in [2.45, 2.75) is 0 Å². The van der Waals surface area contributed by atoms with Gasteiger partial charge in [0.25, 0.3) is 5.91 Å². The molecule has 4 nitrogen and oxygen atoms in total. The predicted molar refractivity (Wildman–Crippen MR) is 73.1 cm³/mol. The molecule has 0 fully saturated rings. The van der Waals surface area contributed by atoms with Gasteiger partial charge >= 0.3 is 0 Å². The minimum atomic E-state index is -0.804. The number of amides is 1. The van der Waals surface area contributed by atoms with Gasteiger partial charge in [0.2, 0.25) is 0 Å². The standard InChI is InChI=1S/C13H10ClF2N3O/c1-17-12-11(16)8(4-5-18-12)13(20)19-10-3-2-7(14)6-9(10)15/h2-6H,1H3,(H,17,18)(H,19,20). The van der Waals surface area contributed by atoms with E-state index in [0.29, 0.717) is 0 Å². The number of rotatable bonds is 3. The third-order valence-corrected chi connectivity index (χ3v) is 2.79. The van der Waals surface area contributed by atoms with Gasteiger partial charge in [-0.2, -0.15) is 0 Å². The van der Waals surface area contributed by atoms with Crippen LogP contribution in [0.15, 0.2) is 30.5 Å². The first-order chi connectivity index (χ1) is 9.52. The van der Waals surface area contributed by atoms with E-state index in [4.69, 9.17) is 11.6 Å². The van der Waals surface area contributed by atoms with Crippen molar-refractivity contribution < 1.29 is 13.6 Å². The maximum absolute atomic E-state index is 13.9. The van der Waals surface area contributed by atoms with Crippen LogP contribution in [0.2, 0.25) is 5.02 Å². The molecule has 0 radical (unpaired) electrons. The van der Waals surface area contributed by atoms with Gasteiger partial charge in [-0.1, -0.05) is 11.6 Å². The van der Waals surface area contributed by atoms with Crippen molar-refractivity contribution in [3.8, 4) is 0 Å². The van der Waals surface area contributed by atoms with E-state index in [1.165, 1.54) is 31.4 Å². The van der Waals surface area contributed by atoms with Crippen molar-refractivity contribution in [1.29, 1.82) is 0 Å². The van der Waals surface area contributed by atoms with Gasteiger partial charge in [-0.15, -0.1) is 0 Å². The zero-order valence-electron chi connectivity index (χ0n) is 10.4. The van der Waals surface area contributed by atoms with Crippen LogP contribution >= 0.6 is 11.6 Å². The molecule has 104 valence electrons. The van der Waals surface area contributed by atoms with E-state index >= 15 is 0 Å². The molecule has 1 aromatic carbocycles. The first kappa shape index (κ1) is 14.2. The summed E-state index contributed by atoms with van der Waals surface area (Å²) >= 11 is 5.61. The molecule has 7 heteroatoms. The first-order valence-electron chi connectivity index (χ1n) is 5.61. The summed E-state index contributed by atoms with van der Waals surface area (Å²) in [5, 5.41) is 5.00. The highest BCUT2D eigenvalue weighted by Crippen LogP contribution is 2.21. The SMILES string of the molecule is CNc1nccc(C(=O)Nc2ccc(Cl)cc2F)c1F. The van der Waals surface area contributed by atoms with Gasteiger partial charge < -0.3 is 10.6 Å². The molecule has 20 heavy (non-hydrogen) atoms. The second-order valence-electron chi connectivity index (χ2n) is 3.85. The average Bonchev–Trinajstić information content (AvgIpc) is 2.42. The van der Waals surface area contributed by atoms with Crippen LogP contribution in [0, 0.1) is 11.6 Å². The molecule has 2 aromatic rings. The van der Waals surface area contributed by atoms with E-state index in [1.807, 2.05) is 0 Å². The van der Waals surface area contributed by atoms with E-state index in [0.717, 1.165) is 6.07 Å². The lowest BCUT2D eigenvalue weighted by atomic mass is 10.2. The average molecular weight is 298 g/mol. The fourth-order valence-corrected chi connectivity index (χ4v) is 1.73. The van der Waals surface area contributed by atoms with Crippen LogP contribution in [0.4, 0.5) is 20.3 Å². The molecule has 0 saturated heterocycles. The molecule has 1 aromatic heterocycles. The molecule has 1 heterocycles. The maximum Gasteiger partial charge on any atom is 0.258 e. The molecule has 0 aliphatic rings. The van der Waals surface area contributed by atoms with Crippen molar-refractivity contribution in [3.05, 3.63) is 52.7 Å². The summed E-state index contributed by atoms with van der Waals surface area (Å²) in [6, 6.07) is 4.98. The largest absolute Gasteiger partial charge is 0.371 e. The van der Waals surface area contributed by atoms with Gasteiger partial charge in [-0.05, 0) is 24.3 Å². The van der Waals surface area contributed by atoms with E-state index in [2.05, 4.69) is 15.6 Å². The normalized spacial score (nSPS) is 10.2. The predicted octanol–water partition coefficient (Wildman–Crippen LogP) is 3.31. The highest BCUT2D eigenvalue weighted by atomic mass is 35.5. The van der Waals surface area contributed by atoms with Crippen LogP contribution in [-0.4, -0.2) is 17.9 Å². The lowest BCUT2D eigenvalue weighted by Crippen LogP contribution is -2.16. The number of aromatic nitrogens is 1. The lowest BCUT2D eigenvalue weighted by molar-refractivity contribution is 0.102. The highest BCUT2D eigenvalue weighted by molar-refractivity contribution is 6.30. The minimum Gasteiger partial charge on any atom is -0.371 e. The number of anilines is 2. The van der Waals surface area contributed by atoms with Crippen LogP contribution in [0.3, 0.4) is 0 Å². The number of halogens is 3. The lowest BCUT2D eigenvalue weighted by Gasteiger charge is -2.09. The zero-order valence-corrected chi connectivity index (χ0v) is 11.1. The van der Waals surface area contributed by atoms with Gasteiger partial charge in [0.15, 0.2) is 11.6 Å². The number of pyridine rings is 1. The van der Waals surface area contributed by atoms with Crippen molar-refractivity contribution >= 4 is 29.0 Å². The Morgan fingerprint density at radius 1 is 1.30 bits per heavy atom. The molecule has 0 saturated carbocycles. The summed E-state index contributed by atoms with van der Waals surface area (Å²) in [6.07, 6.45) is 1.28. The summed E-state index contributed by atoms with van der Waals surface area (Å²) in [7, 11) is 1.48. The topological polar surface area (TPSA) is 54.0 Å². The van der Waals surface area contributed by atoms with Gasteiger partial charge in [-0.25, -0.2) is 13.8 Å². The molecule has 0 aliphatic carbocycles. The summed E-state index contributed by atoms with van der Waals surface area (Å²) in [4.78, 5) is 15.7. The number of nitrogens with zero attached hydrogens (tertiary/aromatic N) is 1. The monoisotopic (exact) mass is 297 g/mol. The Balaban J connectivity index is 2.28. The van der Waals surface area contributed by atoms with Gasteiger partial charge in [0, 0.05) is 18.3 Å². The highest BCUT2D eigenvalue weighted by Gasteiger charge is 2.16. The summed E-state index contributed by atoms with van der Waals surface area (Å²) in [6.45, 7) is 0. The van der Waals surface area contributed by atoms with Crippen LogP contribution in [0.5, 0.6) is 0 Å². The summed E-state index contributed by atoms with van der Waals surface area (Å²) < 4.78 is 27.4. The molecule has 0 aliphatic heterocycles. The number of carbonyl (C=O) groups is 1. The Bertz CT molecular complexity index is 664. The van der Waals surface area contributed by atoms with Gasteiger partial charge in [0.05, 0.1) is 11.3 Å². The van der Waals surface area contributed by atoms with Crippen molar-refractivity contribution in [2.75, 3.05) is 17.7 Å². The Hall–Kier alpha value is -2.21. The Morgan fingerprint density at radius 3 is 2.70 bits per heavy atom. The summed E-state index contributed by atoms with van der Waals surface area (Å²) in [5.74, 6) is -2.34. The number of carbonyl (C=O) groups excluding carboxylic acids is 1. The molecular formula is C13H10ClF2N3O. The Kier molecular flexibility index (Phi) is 4.14. The molecule has 0 atom stereocenters. The van der Waals surface area contributed by atoms with E-state index in [-0.39, 0.29) is 22.1 Å². The number of nitrogens with one attached hydrogen (secondary N) is 2. The molecule has 0 spiro atoms. The van der Waals surface area contributed by atoms with Crippen molar-refractivity contribution in [3.63, 3.8) is 0 Å². The van der Waals surface area contributed by atoms with Crippen molar-refractivity contribution in [1.82, 2.24) is 4.98 Å². The molecule has 0 unspecified atom stereocenters. The fraction of sp³-hybridized carbons (Fsp3) is 0.0769. The third kappa shape index (κ3) is 2.85. The smallest absolute Gasteiger partial charge is 0.258 e. The Labute approximate surface area is 118 Å². The van der Waals surface area contributed by atoms with Crippen LogP contribution < -0.4 is 10.6 Å². The number of hydrogen-bond acceptors (Lipinski definition) is 3. The third-order valence-electron chi connectivity index (χ3n) is 2.55. The second-order valence-corrected chi connectivity index (χ2v) is 4.29. The molecule has 0 bridgehead atoms. The minimum absolute atomic E-state index is 0.0609. The number of hydrogen-bond donors (Lipinski definition) is 2. The van der Waals surface area contributed by atoms with Crippen LogP contribution in [-0.2, 0) is 0 Å². The number of benzene rings is 1. The molecule has 1 amide bonds. The van der Waals surface area contributed by atoms with Gasteiger partial charge in [-0.3, -0.25) is 4.79 Å². The fourth-order valence-electron chi connectivity index (χ4n) is 1.57. The summed E-state index contributed by atoms with van der Waals surface area (Å²) in [5.41, 5.74) is -0.319. The van der Waals surface area contributed by atoms with E-state index in [1.54, 1.807) is 0 Å². The zero-order chi connectivity index (χ0) is 14.7. The van der Waals surface area contributed by atoms with Crippen molar-refractivity contribution in [2.24, 2.45) is 0 Å². The van der Waals surface area contributed by atoms with Crippen LogP contribution in [0.25, 0.3) is 0 Å². The second kappa shape index (κ2) is 5.83. The quantitative estimate of drug-likeness (QED) is 0.914. The Morgan fingerprint density at radius 2 is 2.05 bits per heavy atom.